The molecule has 2 heterocycles. The number of carbonyl (C=O) groups excluding carboxylic acids is 1. The second kappa shape index (κ2) is 7.47. The van der Waals surface area contributed by atoms with Gasteiger partial charge in [0.05, 0.1) is 18.6 Å². The fraction of sp³-hybridized carbons (Fsp3) is 0.435. The molecule has 2 aliphatic heterocycles. The van der Waals surface area contributed by atoms with Crippen molar-refractivity contribution in [3.63, 3.8) is 0 Å². The average molecular weight is 380 g/mol. The van der Waals surface area contributed by atoms with Gasteiger partial charge in [0.25, 0.3) is 5.91 Å². The fourth-order valence-corrected chi connectivity index (χ4v) is 4.61. The third-order valence-corrected chi connectivity index (χ3v) is 6.30. The predicted octanol–water partition coefficient (Wildman–Crippen LogP) is 3.14. The van der Waals surface area contributed by atoms with Crippen LogP contribution in [0.4, 0.5) is 5.69 Å². The molecule has 0 bridgehead atoms. The molecule has 0 radical (unpaired) electrons. The van der Waals surface area contributed by atoms with Gasteiger partial charge in [-0.05, 0) is 49.7 Å². The molecular weight excluding hydrogens is 352 g/mol. The van der Waals surface area contributed by atoms with E-state index in [1.807, 2.05) is 47.4 Å². The number of carbonyl (C=O) groups is 1. The van der Waals surface area contributed by atoms with Crippen molar-refractivity contribution in [1.29, 1.82) is 0 Å². The number of aliphatic hydroxyl groups is 1. The van der Waals surface area contributed by atoms with E-state index in [-0.39, 0.29) is 18.4 Å². The fourth-order valence-electron chi connectivity index (χ4n) is 4.61. The summed E-state index contributed by atoms with van der Waals surface area (Å²) in [6, 6.07) is 15.8. The van der Waals surface area contributed by atoms with Crippen LogP contribution in [0.3, 0.4) is 0 Å². The minimum atomic E-state index is -0.425. The first kappa shape index (κ1) is 18.8. The Hall–Kier alpha value is -2.53. The molecule has 5 heteroatoms. The van der Waals surface area contributed by atoms with Crippen molar-refractivity contribution in [1.82, 2.24) is 4.90 Å². The third-order valence-electron chi connectivity index (χ3n) is 6.30. The normalized spacial score (nSPS) is 23.0. The minimum absolute atomic E-state index is 0.0106. The van der Waals surface area contributed by atoms with Gasteiger partial charge in [-0.3, -0.25) is 4.79 Å². The molecule has 5 nitrogen and oxygen atoms in total. The highest BCUT2D eigenvalue weighted by Crippen LogP contribution is 2.49. The average Bonchev–Trinajstić information content (AvgIpc) is 3.15. The minimum Gasteiger partial charge on any atom is -0.493 e. The second-order valence-corrected chi connectivity index (χ2v) is 7.80. The van der Waals surface area contributed by atoms with Gasteiger partial charge in [-0.1, -0.05) is 18.2 Å². The Morgan fingerprint density at radius 2 is 1.89 bits per heavy atom. The third kappa shape index (κ3) is 3.04. The molecule has 0 aromatic heterocycles. The van der Waals surface area contributed by atoms with Crippen LogP contribution in [0.15, 0.2) is 48.5 Å². The van der Waals surface area contributed by atoms with Crippen LogP contribution in [0, 0.1) is 5.41 Å². The maximum atomic E-state index is 13.2. The Balaban J connectivity index is 1.57. The van der Waals surface area contributed by atoms with E-state index in [1.54, 1.807) is 0 Å². The topological polar surface area (TPSA) is 53.0 Å². The Kier molecular flexibility index (Phi) is 5.02. The number of amides is 1. The number of anilines is 1. The first-order valence-corrected chi connectivity index (χ1v) is 10.1. The summed E-state index contributed by atoms with van der Waals surface area (Å²) in [5.74, 6) is 0.988. The van der Waals surface area contributed by atoms with Crippen molar-refractivity contribution >= 4 is 11.6 Å². The summed E-state index contributed by atoms with van der Waals surface area (Å²) in [5, 5.41) is 10.2. The molecular formula is C23H28N2O3. The Morgan fingerprint density at radius 1 is 1.18 bits per heavy atom. The second-order valence-electron chi connectivity index (χ2n) is 7.80. The van der Waals surface area contributed by atoms with E-state index in [1.165, 1.54) is 0 Å². The molecule has 0 saturated carbocycles. The number of likely N-dealkylation sites (tertiary alicyclic amines) is 1. The summed E-state index contributed by atoms with van der Waals surface area (Å²) in [5.41, 5.74) is 2.49. The monoisotopic (exact) mass is 380 g/mol. The van der Waals surface area contributed by atoms with Crippen LogP contribution in [-0.4, -0.2) is 55.3 Å². The zero-order chi connectivity index (χ0) is 19.7. The first-order valence-electron chi connectivity index (χ1n) is 10.1. The van der Waals surface area contributed by atoms with Gasteiger partial charge in [0, 0.05) is 43.3 Å². The lowest BCUT2D eigenvalue weighted by atomic mass is 9.74. The molecule has 148 valence electrons. The van der Waals surface area contributed by atoms with Crippen LogP contribution in [0.1, 0.15) is 35.7 Å². The van der Waals surface area contributed by atoms with Gasteiger partial charge in [-0.25, -0.2) is 0 Å². The molecule has 4 rings (SSSR count). The number of benzene rings is 2. The van der Waals surface area contributed by atoms with Gasteiger partial charge in [0.2, 0.25) is 0 Å². The van der Waals surface area contributed by atoms with Crippen LogP contribution < -0.4 is 9.64 Å². The summed E-state index contributed by atoms with van der Waals surface area (Å²) < 4.78 is 5.93. The van der Waals surface area contributed by atoms with Crippen molar-refractivity contribution in [3.8, 4) is 5.75 Å². The van der Waals surface area contributed by atoms with Gasteiger partial charge < -0.3 is 19.6 Å². The van der Waals surface area contributed by atoms with Gasteiger partial charge in [-0.2, -0.15) is 0 Å². The number of hydrogen-bond donors (Lipinski definition) is 1. The summed E-state index contributed by atoms with van der Waals surface area (Å²) >= 11 is 0. The van der Waals surface area contributed by atoms with E-state index in [0.29, 0.717) is 25.3 Å². The largest absolute Gasteiger partial charge is 0.493 e. The molecule has 1 saturated heterocycles. The maximum absolute atomic E-state index is 13.2. The molecule has 2 aliphatic rings. The van der Waals surface area contributed by atoms with Gasteiger partial charge in [0.15, 0.2) is 0 Å². The lowest BCUT2D eigenvalue weighted by Crippen LogP contribution is -2.42. The van der Waals surface area contributed by atoms with Crippen LogP contribution >= 0.6 is 0 Å². The molecule has 1 amide bonds. The smallest absolute Gasteiger partial charge is 0.253 e. The number of rotatable bonds is 5. The van der Waals surface area contributed by atoms with E-state index in [9.17, 15) is 9.90 Å². The van der Waals surface area contributed by atoms with Gasteiger partial charge in [0.1, 0.15) is 5.75 Å². The standard InChI is InChI=1S/C23H28N2O3/c1-3-24(4-2)18-11-9-17(10-12-18)22(27)25-13-20-19-7-5-6-8-21(19)28-16-23(20,14-25)15-26/h5-12,20,26H,3-4,13-16H2,1-2H3. The molecule has 28 heavy (non-hydrogen) atoms. The summed E-state index contributed by atoms with van der Waals surface area (Å²) in [6.45, 7) is 7.71. The number of aliphatic hydroxyl groups excluding tert-OH is 1. The first-order chi connectivity index (χ1) is 13.6. The Labute approximate surface area is 166 Å². The molecule has 1 fully saturated rings. The highest BCUT2D eigenvalue weighted by molar-refractivity contribution is 5.95. The van der Waals surface area contributed by atoms with Crippen molar-refractivity contribution in [3.05, 3.63) is 59.7 Å². The van der Waals surface area contributed by atoms with E-state index in [4.69, 9.17) is 4.74 Å². The Bertz CT molecular complexity index is 847. The van der Waals surface area contributed by atoms with Crippen molar-refractivity contribution in [2.75, 3.05) is 44.3 Å². The zero-order valence-electron chi connectivity index (χ0n) is 16.6. The van der Waals surface area contributed by atoms with Crippen LogP contribution in [-0.2, 0) is 0 Å². The van der Waals surface area contributed by atoms with Crippen molar-refractivity contribution < 1.29 is 14.6 Å². The number of fused-ring (bicyclic) bond motifs is 3. The van der Waals surface area contributed by atoms with Crippen LogP contribution in [0.5, 0.6) is 5.75 Å². The molecule has 0 spiro atoms. The number of para-hydroxylation sites is 1. The molecule has 2 aromatic rings. The maximum Gasteiger partial charge on any atom is 0.253 e. The summed E-state index contributed by atoms with van der Waals surface area (Å²) in [6.07, 6.45) is 0. The lowest BCUT2D eigenvalue weighted by molar-refractivity contribution is 0.0440. The van der Waals surface area contributed by atoms with Crippen molar-refractivity contribution in [2.45, 2.75) is 19.8 Å². The van der Waals surface area contributed by atoms with Gasteiger partial charge in [-0.15, -0.1) is 0 Å². The van der Waals surface area contributed by atoms with Crippen LogP contribution in [0.25, 0.3) is 0 Å². The number of ether oxygens (including phenoxy) is 1. The number of hydrogen-bond acceptors (Lipinski definition) is 4. The van der Waals surface area contributed by atoms with E-state index >= 15 is 0 Å². The predicted molar refractivity (Wildman–Crippen MR) is 110 cm³/mol. The van der Waals surface area contributed by atoms with E-state index in [0.717, 1.165) is 30.1 Å². The highest BCUT2D eigenvalue weighted by atomic mass is 16.5. The molecule has 0 aliphatic carbocycles. The molecule has 1 N–H and O–H groups in total. The summed E-state index contributed by atoms with van der Waals surface area (Å²) in [4.78, 5) is 17.3. The summed E-state index contributed by atoms with van der Waals surface area (Å²) in [7, 11) is 0. The molecule has 2 atom stereocenters. The Morgan fingerprint density at radius 3 is 2.57 bits per heavy atom. The van der Waals surface area contributed by atoms with E-state index in [2.05, 4.69) is 24.8 Å². The van der Waals surface area contributed by atoms with E-state index < -0.39 is 5.41 Å². The molecule has 2 aromatic carbocycles. The molecule has 2 unspecified atom stereocenters. The highest BCUT2D eigenvalue weighted by Gasteiger charge is 2.52. The number of nitrogens with zero attached hydrogens (tertiary/aromatic N) is 2. The van der Waals surface area contributed by atoms with Crippen LogP contribution in [0.2, 0.25) is 0 Å². The zero-order valence-corrected chi connectivity index (χ0v) is 16.6. The lowest BCUT2D eigenvalue weighted by Gasteiger charge is -2.37. The van der Waals surface area contributed by atoms with Gasteiger partial charge >= 0.3 is 0 Å². The SMILES string of the molecule is CCN(CC)c1ccc(C(=O)N2CC3c4ccccc4OCC3(CO)C2)cc1. The quantitative estimate of drug-likeness (QED) is 0.866. The van der Waals surface area contributed by atoms with Crippen molar-refractivity contribution in [2.24, 2.45) is 5.41 Å².